The lowest BCUT2D eigenvalue weighted by molar-refractivity contribution is 0.0488. The highest BCUT2D eigenvalue weighted by Gasteiger charge is 2.30. The van der Waals surface area contributed by atoms with Crippen LogP contribution in [0.5, 0.6) is 0 Å². The molecular weight excluding hydrogens is 466 g/mol. The third-order valence-electron chi connectivity index (χ3n) is 5.96. The van der Waals surface area contributed by atoms with Gasteiger partial charge in [0.1, 0.15) is 17.2 Å². The van der Waals surface area contributed by atoms with Crippen LogP contribution in [0.4, 0.5) is 16.4 Å². The number of nitrogen functional groups attached to an aromatic ring is 1. The Bertz CT molecular complexity index is 1050. The second-order valence-electron chi connectivity index (χ2n) is 10.5. The van der Waals surface area contributed by atoms with Crippen molar-refractivity contribution >= 4 is 35.2 Å². The van der Waals surface area contributed by atoms with E-state index >= 15 is 0 Å². The van der Waals surface area contributed by atoms with E-state index < -0.39 is 17.2 Å². The normalized spacial score (nSPS) is 18.5. The van der Waals surface area contributed by atoms with E-state index in [4.69, 9.17) is 22.1 Å². The number of carbonyl (C=O) groups is 2. The Labute approximate surface area is 212 Å². The van der Waals surface area contributed by atoms with Gasteiger partial charge in [0.2, 0.25) is 0 Å². The van der Waals surface area contributed by atoms with Gasteiger partial charge in [-0.15, -0.1) is 0 Å². The lowest BCUT2D eigenvalue weighted by Crippen LogP contribution is -2.50. The number of nitrogens with one attached hydrogen (secondary N) is 3. The number of aromatic nitrogens is 1. The summed E-state index contributed by atoms with van der Waals surface area (Å²) in [6.07, 6.45) is 3.18. The van der Waals surface area contributed by atoms with Gasteiger partial charge in [-0.1, -0.05) is 54.8 Å². The molecule has 1 saturated carbocycles. The molecule has 35 heavy (non-hydrogen) atoms. The molecule has 5 N–H and O–H groups in total. The minimum Gasteiger partial charge on any atom is -0.444 e. The number of nitrogens with two attached hydrogens (primary N) is 1. The van der Waals surface area contributed by atoms with Crippen molar-refractivity contribution < 1.29 is 14.3 Å². The van der Waals surface area contributed by atoms with Crippen LogP contribution in [0.3, 0.4) is 0 Å². The molecule has 0 spiro atoms. The predicted octanol–water partition coefficient (Wildman–Crippen LogP) is 5.23. The molecule has 1 aromatic carbocycles. The number of rotatable bonds is 6. The van der Waals surface area contributed by atoms with E-state index in [0.29, 0.717) is 5.82 Å². The van der Waals surface area contributed by atoms with Gasteiger partial charge in [0.25, 0.3) is 5.91 Å². The van der Waals surface area contributed by atoms with Crippen molar-refractivity contribution in [3.63, 3.8) is 0 Å². The Balaban J connectivity index is 1.73. The fourth-order valence-electron chi connectivity index (χ4n) is 4.18. The molecule has 1 fully saturated rings. The van der Waals surface area contributed by atoms with E-state index in [9.17, 15) is 9.59 Å². The molecule has 0 bridgehead atoms. The van der Waals surface area contributed by atoms with Crippen LogP contribution in [-0.4, -0.2) is 34.7 Å². The zero-order chi connectivity index (χ0) is 25.8. The first-order valence-corrected chi connectivity index (χ1v) is 12.3. The van der Waals surface area contributed by atoms with Gasteiger partial charge in [-0.2, -0.15) is 0 Å². The number of pyridine rings is 1. The van der Waals surface area contributed by atoms with Gasteiger partial charge in [0.15, 0.2) is 0 Å². The quantitative estimate of drug-likeness (QED) is 0.430. The zero-order valence-electron chi connectivity index (χ0n) is 21.1. The molecular formula is C26H36ClN5O3. The van der Waals surface area contributed by atoms with E-state index in [2.05, 4.69) is 20.9 Å². The molecule has 2 atom stereocenters. The van der Waals surface area contributed by atoms with Gasteiger partial charge in [-0.25, -0.2) is 9.78 Å². The first kappa shape index (κ1) is 26.6. The molecule has 0 saturated heterocycles. The van der Waals surface area contributed by atoms with Gasteiger partial charge in [0, 0.05) is 6.04 Å². The number of carbonyl (C=O) groups excluding carboxylic acids is 2. The van der Waals surface area contributed by atoms with Crippen molar-refractivity contribution in [3.8, 4) is 0 Å². The highest BCUT2D eigenvalue weighted by molar-refractivity contribution is 6.33. The second-order valence-corrected chi connectivity index (χ2v) is 10.9. The molecule has 1 aliphatic carbocycles. The van der Waals surface area contributed by atoms with Crippen LogP contribution in [-0.2, 0) is 10.3 Å². The Morgan fingerprint density at radius 3 is 2.31 bits per heavy atom. The molecule has 1 aromatic heterocycles. The fraction of sp³-hybridized carbons (Fsp3) is 0.500. The maximum Gasteiger partial charge on any atom is 0.407 e. The summed E-state index contributed by atoms with van der Waals surface area (Å²) < 4.78 is 5.41. The summed E-state index contributed by atoms with van der Waals surface area (Å²) in [6.45, 7) is 9.32. The molecule has 0 aliphatic heterocycles. The Kier molecular flexibility index (Phi) is 8.15. The van der Waals surface area contributed by atoms with E-state index in [-0.39, 0.29) is 34.4 Å². The number of hydrogen-bond donors (Lipinski definition) is 4. The first-order chi connectivity index (χ1) is 16.4. The number of alkyl carbamates (subject to hydrolysis) is 1. The Morgan fingerprint density at radius 1 is 1.06 bits per heavy atom. The van der Waals surface area contributed by atoms with Crippen LogP contribution in [0.1, 0.15) is 76.2 Å². The molecule has 3 rings (SSSR count). The van der Waals surface area contributed by atoms with Gasteiger partial charge >= 0.3 is 6.09 Å². The molecule has 0 radical (unpaired) electrons. The number of ether oxygens (including phenoxy) is 1. The number of halogens is 1. The molecule has 1 heterocycles. The maximum atomic E-state index is 13.0. The van der Waals surface area contributed by atoms with Crippen LogP contribution in [0.25, 0.3) is 0 Å². The monoisotopic (exact) mass is 501 g/mol. The van der Waals surface area contributed by atoms with Crippen molar-refractivity contribution in [2.75, 3.05) is 11.1 Å². The van der Waals surface area contributed by atoms with Crippen LogP contribution in [0.15, 0.2) is 36.4 Å². The largest absolute Gasteiger partial charge is 0.444 e. The summed E-state index contributed by atoms with van der Waals surface area (Å²) in [7, 11) is 0. The highest BCUT2D eigenvalue weighted by Crippen LogP contribution is 2.29. The minimum atomic E-state index is -0.614. The lowest BCUT2D eigenvalue weighted by atomic mass is 9.90. The zero-order valence-corrected chi connectivity index (χ0v) is 21.8. The molecule has 2 aromatic rings. The van der Waals surface area contributed by atoms with Gasteiger partial charge < -0.3 is 26.4 Å². The lowest BCUT2D eigenvalue weighted by Gasteiger charge is -2.34. The number of amides is 2. The fourth-order valence-corrected chi connectivity index (χ4v) is 4.38. The standard InChI is InChI=1S/C26H36ClN5O3/c1-25(2,3)35-24(34)30-20-14-10-9-13-19(20)29-22-18(27)15-17(21(28)31-22)23(33)32-26(4,5)16-11-7-6-8-12-16/h6-8,11-12,15,19-20H,9-10,13-14H2,1-5H3,(H,30,34)(H,32,33)(H3,28,29,31). The van der Waals surface area contributed by atoms with Crippen molar-refractivity contribution in [2.24, 2.45) is 0 Å². The number of anilines is 2. The van der Waals surface area contributed by atoms with E-state index in [1.807, 2.05) is 65.0 Å². The van der Waals surface area contributed by atoms with Crippen molar-refractivity contribution in [1.29, 1.82) is 0 Å². The predicted molar refractivity (Wildman–Crippen MR) is 140 cm³/mol. The van der Waals surface area contributed by atoms with Gasteiger partial charge in [-0.05, 0) is 59.1 Å². The molecule has 8 nitrogen and oxygen atoms in total. The summed E-state index contributed by atoms with van der Waals surface area (Å²) in [5.74, 6) is 0.0936. The van der Waals surface area contributed by atoms with Crippen molar-refractivity contribution in [3.05, 3.63) is 52.5 Å². The molecule has 2 unspecified atom stereocenters. The summed E-state index contributed by atoms with van der Waals surface area (Å²) in [5.41, 5.74) is 6.16. The van der Waals surface area contributed by atoms with Gasteiger partial charge in [0.05, 0.1) is 22.2 Å². The van der Waals surface area contributed by atoms with E-state index in [1.165, 1.54) is 6.07 Å². The van der Waals surface area contributed by atoms with Crippen LogP contribution < -0.4 is 21.7 Å². The summed E-state index contributed by atoms with van der Waals surface area (Å²) in [6, 6.07) is 11.0. The highest BCUT2D eigenvalue weighted by atomic mass is 35.5. The Hall–Kier alpha value is -3.00. The van der Waals surface area contributed by atoms with Gasteiger partial charge in [-0.3, -0.25) is 4.79 Å². The minimum absolute atomic E-state index is 0.0747. The average molecular weight is 502 g/mol. The maximum absolute atomic E-state index is 13.0. The number of hydrogen-bond acceptors (Lipinski definition) is 6. The average Bonchev–Trinajstić information content (AvgIpc) is 2.76. The number of nitrogens with zero attached hydrogens (tertiary/aromatic N) is 1. The smallest absolute Gasteiger partial charge is 0.407 e. The number of benzene rings is 1. The topological polar surface area (TPSA) is 118 Å². The SMILES string of the molecule is CC(C)(C)OC(=O)NC1CCCCC1Nc1nc(N)c(C(=O)NC(C)(C)c2ccccc2)cc1Cl. The van der Waals surface area contributed by atoms with Crippen LogP contribution in [0, 0.1) is 0 Å². The molecule has 190 valence electrons. The Morgan fingerprint density at radius 2 is 1.69 bits per heavy atom. The van der Waals surface area contributed by atoms with Crippen molar-refractivity contribution in [2.45, 2.75) is 83.5 Å². The molecule has 2 amide bonds. The molecule has 1 aliphatic rings. The molecule has 9 heteroatoms. The van der Waals surface area contributed by atoms with Crippen molar-refractivity contribution in [1.82, 2.24) is 15.6 Å². The summed E-state index contributed by atoms with van der Waals surface area (Å²) in [4.78, 5) is 29.7. The van der Waals surface area contributed by atoms with E-state index in [0.717, 1.165) is 31.2 Å². The summed E-state index contributed by atoms with van der Waals surface area (Å²) >= 11 is 6.52. The first-order valence-electron chi connectivity index (χ1n) is 12.0. The van der Waals surface area contributed by atoms with E-state index in [1.54, 1.807) is 0 Å². The third-order valence-corrected chi connectivity index (χ3v) is 6.25. The second kappa shape index (κ2) is 10.7. The summed E-state index contributed by atoms with van der Waals surface area (Å²) in [5, 5.41) is 9.57. The van der Waals surface area contributed by atoms with Crippen LogP contribution >= 0.6 is 11.6 Å². The van der Waals surface area contributed by atoms with Crippen LogP contribution in [0.2, 0.25) is 5.02 Å². The third kappa shape index (κ3) is 7.24.